The maximum absolute atomic E-state index is 5.72. The first kappa shape index (κ1) is 15.5. The summed E-state index contributed by atoms with van der Waals surface area (Å²) in [6.45, 7) is 0. The third-order valence-electron chi connectivity index (χ3n) is 3.86. The molecule has 0 radical (unpaired) electrons. The molecule has 0 saturated carbocycles. The zero-order valence-corrected chi connectivity index (χ0v) is 14.2. The van der Waals surface area contributed by atoms with E-state index in [-0.39, 0.29) is 0 Å². The monoisotopic (exact) mass is 344 g/mol. The quantitative estimate of drug-likeness (QED) is 0.723. The molecule has 3 aromatic rings. The number of benzene rings is 3. The molecule has 0 atom stereocenters. The molecule has 25 heavy (non-hydrogen) atoms. The average molecular weight is 344 g/mol. The zero-order valence-electron chi connectivity index (χ0n) is 13.4. The highest BCUT2D eigenvalue weighted by Crippen LogP contribution is 2.22. The van der Waals surface area contributed by atoms with E-state index in [9.17, 15) is 0 Å². The molecule has 1 aliphatic rings. The zero-order chi connectivity index (χ0) is 17.1. The first-order valence-electron chi connectivity index (χ1n) is 7.98. The van der Waals surface area contributed by atoms with Crippen LogP contribution in [0.3, 0.4) is 0 Å². The van der Waals surface area contributed by atoms with Gasteiger partial charge in [-0.25, -0.2) is 5.01 Å². The maximum atomic E-state index is 5.72. The van der Waals surface area contributed by atoms with E-state index in [1.165, 1.54) is 0 Å². The van der Waals surface area contributed by atoms with Crippen LogP contribution in [0.1, 0.15) is 5.56 Å². The summed E-state index contributed by atoms with van der Waals surface area (Å²) in [6.07, 6.45) is 0. The van der Waals surface area contributed by atoms with Crippen LogP contribution < -0.4 is 15.7 Å². The molecule has 0 saturated heterocycles. The highest BCUT2D eigenvalue weighted by molar-refractivity contribution is 7.82. The molecule has 0 fully saturated rings. The Morgan fingerprint density at radius 1 is 0.680 bits per heavy atom. The highest BCUT2D eigenvalue weighted by Gasteiger charge is 2.27. The van der Waals surface area contributed by atoms with Gasteiger partial charge in [-0.3, -0.25) is 0 Å². The van der Waals surface area contributed by atoms with E-state index in [1.54, 1.807) is 5.12 Å². The molecule has 1 heterocycles. The minimum absolute atomic E-state index is 0.629. The van der Waals surface area contributed by atoms with Crippen LogP contribution in [0.5, 0.6) is 0 Å². The van der Waals surface area contributed by atoms with E-state index >= 15 is 0 Å². The molecule has 0 aromatic heterocycles. The van der Waals surface area contributed by atoms with Gasteiger partial charge in [0.2, 0.25) is 0 Å². The molecule has 122 valence electrons. The van der Waals surface area contributed by atoms with Crippen molar-refractivity contribution in [2.75, 3.05) is 10.1 Å². The fourth-order valence-corrected chi connectivity index (χ4v) is 2.93. The van der Waals surface area contributed by atoms with Gasteiger partial charge in [0, 0.05) is 5.56 Å². The van der Waals surface area contributed by atoms with Crippen molar-refractivity contribution in [1.29, 1.82) is 0 Å². The van der Waals surface area contributed by atoms with Crippen LogP contribution in [0.15, 0.2) is 96.1 Å². The van der Waals surface area contributed by atoms with Crippen LogP contribution >= 0.6 is 12.2 Å². The van der Waals surface area contributed by atoms with Crippen LogP contribution in [0, 0.1) is 0 Å². The smallest absolute Gasteiger partial charge is 0.150 e. The van der Waals surface area contributed by atoms with Crippen LogP contribution in [0.25, 0.3) is 0 Å². The molecule has 1 N–H and O–H groups in total. The van der Waals surface area contributed by atoms with Crippen LogP contribution in [0.2, 0.25) is 0 Å². The van der Waals surface area contributed by atoms with Gasteiger partial charge >= 0.3 is 0 Å². The van der Waals surface area contributed by atoms with Crippen molar-refractivity contribution < 1.29 is 0 Å². The molecule has 4 rings (SSSR count). The molecule has 4 nitrogen and oxygen atoms in total. The summed E-state index contributed by atoms with van der Waals surface area (Å²) in [7, 11) is 0. The number of rotatable bonds is 3. The largest absolute Gasteiger partial charge is 0.244 e. The number of anilines is 2. The van der Waals surface area contributed by atoms with Crippen molar-refractivity contribution in [3.05, 3.63) is 96.6 Å². The lowest BCUT2D eigenvalue weighted by molar-refractivity contribution is 0.663. The summed E-state index contributed by atoms with van der Waals surface area (Å²) in [4.78, 5) is 0.629. The lowest BCUT2D eigenvalue weighted by Crippen LogP contribution is -2.57. The molecule has 0 spiro atoms. The lowest BCUT2D eigenvalue weighted by atomic mass is 10.1. The third kappa shape index (κ3) is 3.15. The second-order valence-corrected chi connectivity index (χ2v) is 5.92. The van der Waals surface area contributed by atoms with Crippen molar-refractivity contribution >= 4 is 34.3 Å². The number of hydrazine groups is 2. The molecule has 0 aliphatic carbocycles. The number of hydrogen-bond donors (Lipinski definition) is 1. The Hall–Kier alpha value is -3.02. The molecule has 0 unspecified atom stereocenters. The number of hydrogen-bond acceptors (Lipinski definition) is 4. The summed E-state index contributed by atoms with van der Waals surface area (Å²) >= 11 is 5.72. The first-order chi connectivity index (χ1) is 12.3. The van der Waals surface area contributed by atoms with Gasteiger partial charge in [-0.15, -0.1) is 5.53 Å². The second-order valence-electron chi connectivity index (χ2n) is 5.54. The predicted molar refractivity (Wildman–Crippen MR) is 107 cm³/mol. The van der Waals surface area contributed by atoms with Crippen molar-refractivity contribution in [3.8, 4) is 0 Å². The van der Waals surface area contributed by atoms with E-state index in [0.717, 1.165) is 22.6 Å². The topological polar surface area (TPSA) is 30.9 Å². The molecular weight excluding hydrogens is 328 g/mol. The number of thiocarbonyl (C=S) groups is 1. The Kier molecular flexibility index (Phi) is 4.24. The van der Waals surface area contributed by atoms with Crippen molar-refractivity contribution in [1.82, 2.24) is 5.53 Å². The summed E-state index contributed by atoms with van der Waals surface area (Å²) in [5, 5.41) is 8.35. The Labute approximate surface area is 152 Å². The average Bonchev–Trinajstić information content (AvgIpc) is 2.70. The van der Waals surface area contributed by atoms with Crippen LogP contribution in [0.4, 0.5) is 11.4 Å². The Morgan fingerprint density at radius 3 is 1.80 bits per heavy atom. The van der Waals surface area contributed by atoms with E-state index in [2.05, 4.69) is 5.53 Å². The summed E-state index contributed by atoms with van der Waals surface area (Å²) < 4.78 is 0. The molecular formula is C20H16N4S. The minimum atomic E-state index is 0.629. The fourth-order valence-electron chi connectivity index (χ4n) is 2.63. The summed E-state index contributed by atoms with van der Waals surface area (Å²) in [5.74, 6) is 0. The Balaban J connectivity index is 1.80. The summed E-state index contributed by atoms with van der Waals surface area (Å²) in [5.41, 5.74) is 6.89. The molecule has 0 bridgehead atoms. The van der Waals surface area contributed by atoms with E-state index in [1.807, 2.05) is 96.0 Å². The fraction of sp³-hybridized carbons (Fsp3) is 0. The lowest BCUT2D eigenvalue weighted by Gasteiger charge is -2.36. The Bertz CT molecular complexity index is 895. The van der Waals surface area contributed by atoms with Gasteiger partial charge in [0.15, 0.2) is 4.99 Å². The highest BCUT2D eigenvalue weighted by atomic mass is 32.1. The van der Waals surface area contributed by atoms with Crippen molar-refractivity contribution in [2.45, 2.75) is 0 Å². The van der Waals surface area contributed by atoms with Gasteiger partial charge in [-0.05, 0) is 24.3 Å². The van der Waals surface area contributed by atoms with Gasteiger partial charge in [-0.1, -0.05) is 78.9 Å². The van der Waals surface area contributed by atoms with E-state index < -0.39 is 0 Å². The number of nitrogens with one attached hydrogen (secondary N) is 1. The van der Waals surface area contributed by atoms with Crippen LogP contribution in [-0.2, 0) is 0 Å². The standard InChI is InChI=1S/C20H16N4S/c25-20-19(16-10-4-1-5-11-16)21-24(18-14-8-3-9-15-18)22-23(20)17-12-6-2-7-13-17/h1-15,22H. The van der Waals surface area contributed by atoms with Gasteiger partial charge in [-0.2, -0.15) is 10.2 Å². The summed E-state index contributed by atoms with van der Waals surface area (Å²) in [6, 6.07) is 29.9. The van der Waals surface area contributed by atoms with Crippen molar-refractivity contribution in [3.63, 3.8) is 0 Å². The number of nitrogens with zero attached hydrogens (tertiary/aromatic N) is 3. The van der Waals surface area contributed by atoms with Gasteiger partial charge in [0.05, 0.1) is 11.4 Å². The second kappa shape index (κ2) is 6.84. The number of hydrazone groups is 1. The SMILES string of the molecule is S=C1C(c2ccccc2)=NN(c2ccccc2)NN1c1ccccc1. The number of para-hydroxylation sites is 2. The van der Waals surface area contributed by atoms with Gasteiger partial charge in [0.25, 0.3) is 0 Å². The van der Waals surface area contributed by atoms with Crippen molar-refractivity contribution in [2.24, 2.45) is 5.10 Å². The molecule has 3 aromatic carbocycles. The Morgan fingerprint density at radius 2 is 1.20 bits per heavy atom. The van der Waals surface area contributed by atoms with E-state index in [0.29, 0.717) is 4.99 Å². The predicted octanol–water partition coefficient (Wildman–Crippen LogP) is 4.16. The third-order valence-corrected chi connectivity index (χ3v) is 4.24. The van der Waals surface area contributed by atoms with Crippen LogP contribution in [-0.4, -0.2) is 10.7 Å². The molecule has 5 heteroatoms. The van der Waals surface area contributed by atoms with Gasteiger partial charge < -0.3 is 0 Å². The molecule has 1 aliphatic heterocycles. The normalized spacial score (nSPS) is 14.4. The minimum Gasteiger partial charge on any atom is -0.244 e. The van der Waals surface area contributed by atoms with Gasteiger partial charge in [0.1, 0.15) is 5.71 Å². The first-order valence-corrected chi connectivity index (χ1v) is 8.39. The van der Waals surface area contributed by atoms with E-state index in [4.69, 9.17) is 17.3 Å². The maximum Gasteiger partial charge on any atom is 0.150 e. The molecule has 0 amide bonds.